The van der Waals surface area contributed by atoms with E-state index in [2.05, 4.69) is 39.6 Å². The number of H-pyrrole nitrogens is 2. The number of hydrogen-bond donors (Lipinski definition) is 4. The fourth-order valence-corrected chi connectivity index (χ4v) is 4.62. The number of nitrogen functional groups attached to an aromatic ring is 1. The highest BCUT2D eigenvalue weighted by atomic mass is 35.5. The van der Waals surface area contributed by atoms with Crippen molar-refractivity contribution in [2.24, 2.45) is 0 Å². The molecular weight excluding hydrogens is 472 g/mol. The Kier molecular flexibility index (Phi) is 6.73. The van der Waals surface area contributed by atoms with Crippen molar-refractivity contribution in [3.05, 3.63) is 100 Å². The number of amides is 1. The summed E-state index contributed by atoms with van der Waals surface area (Å²) in [6.07, 6.45) is 1.63. The predicted molar refractivity (Wildman–Crippen MR) is 144 cm³/mol. The van der Waals surface area contributed by atoms with Gasteiger partial charge in [0.05, 0.1) is 11.6 Å². The molecule has 2 heterocycles. The molecule has 0 bridgehead atoms. The minimum absolute atomic E-state index is 0.0409. The number of carbonyl (C=O) groups is 1. The number of carbonyl (C=O) groups excluding carboxylic acids is 1. The maximum atomic E-state index is 13.0. The number of imidazole rings is 1. The largest absolute Gasteiger partial charge is 0.382 e. The maximum absolute atomic E-state index is 13.0. The van der Waals surface area contributed by atoms with Crippen LogP contribution >= 0.6 is 11.6 Å². The molecule has 0 saturated carbocycles. The van der Waals surface area contributed by atoms with Gasteiger partial charge >= 0.3 is 0 Å². The molecule has 2 aromatic heterocycles. The van der Waals surface area contributed by atoms with Crippen molar-refractivity contribution in [2.75, 3.05) is 5.73 Å². The van der Waals surface area contributed by atoms with E-state index in [1.165, 1.54) is 5.56 Å². The molecule has 0 unspecified atom stereocenters. The van der Waals surface area contributed by atoms with Gasteiger partial charge in [-0.2, -0.15) is 5.10 Å². The third kappa shape index (κ3) is 5.26. The lowest BCUT2D eigenvalue weighted by molar-refractivity contribution is -0.121. The molecule has 0 saturated heterocycles. The fraction of sp³-hybridized carbons (Fsp3) is 0.179. The molecule has 0 aliphatic carbocycles. The van der Waals surface area contributed by atoms with E-state index in [0.717, 1.165) is 27.6 Å². The Bertz CT molecular complexity index is 1510. The minimum Gasteiger partial charge on any atom is -0.382 e. The van der Waals surface area contributed by atoms with Crippen LogP contribution in [0.25, 0.3) is 22.2 Å². The van der Waals surface area contributed by atoms with E-state index in [-0.39, 0.29) is 11.9 Å². The first-order chi connectivity index (χ1) is 17.5. The van der Waals surface area contributed by atoms with Crippen LogP contribution in [0, 0.1) is 6.92 Å². The summed E-state index contributed by atoms with van der Waals surface area (Å²) in [4.78, 5) is 21.0. The van der Waals surface area contributed by atoms with E-state index >= 15 is 0 Å². The van der Waals surface area contributed by atoms with Crippen LogP contribution in [-0.4, -0.2) is 26.1 Å². The van der Waals surface area contributed by atoms with Crippen molar-refractivity contribution in [1.29, 1.82) is 0 Å². The molecule has 0 radical (unpaired) electrons. The zero-order valence-corrected chi connectivity index (χ0v) is 20.6. The standard InChI is InChI=1S/C28H27ClN6O/c1-17-6-5-9-19(14-17)10-13-24(36)31-23(15-18-7-3-2-4-8-18)28-32-25(26(29)33-28)20-11-12-21-22(16-20)34-35-27(21)30/h2-9,11-12,14,16,23H,10,13,15H2,1H3,(H,31,36)(H,32,33)(H3,30,34,35)/t23-/m0/s1. The van der Waals surface area contributed by atoms with Gasteiger partial charge in [-0.25, -0.2) is 4.98 Å². The van der Waals surface area contributed by atoms with Crippen molar-refractivity contribution < 1.29 is 4.79 Å². The first kappa shape index (κ1) is 23.6. The molecule has 1 amide bonds. The summed E-state index contributed by atoms with van der Waals surface area (Å²) in [6.45, 7) is 2.05. The van der Waals surface area contributed by atoms with Crippen LogP contribution in [0.4, 0.5) is 5.82 Å². The highest BCUT2D eigenvalue weighted by Crippen LogP contribution is 2.31. The van der Waals surface area contributed by atoms with E-state index in [1.807, 2.05) is 60.7 Å². The average molecular weight is 499 g/mol. The van der Waals surface area contributed by atoms with Gasteiger partial charge in [0.2, 0.25) is 5.91 Å². The Morgan fingerprint density at radius 2 is 1.86 bits per heavy atom. The molecule has 0 aliphatic rings. The van der Waals surface area contributed by atoms with E-state index in [1.54, 1.807) is 0 Å². The Morgan fingerprint density at radius 1 is 1.06 bits per heavy atom. The number of hydrogen-bond acceptors (Lipinski definition) is 4. The van der Waals surface area contributed by atoms with Crippen LogP contribution in [0.2, 0.25) is 5.15 Å². The van der Waals surface area contributed by atoms with Crippen LogP contribution in [0.15, 0.2) is 72.8 Å². The number of fused-ring (bicyclic) bond motifs is 1. The van der Waals surface area contributed by atoms with Crippen molar-refractivity contribution >= 4 is 34.2 Å². The Hall–Kier alpha value is -4.10. The lowest BCUT2D eigenvalue weighted by Crippen LogP contribution is -2.31. The third-order valence-corrected chi connectivity index (χ3v) is 6.49. The molecule has 3 aromatic carbocycles. The lowest BCUT2D eigenvalue weighted by atomic mass is 10.0. The molecule has 182 valence electrons. The highest BCUT2D eigenvalue weighted by molar-refractivity contribution is 6.32. The first-order valence-corrected chi connectivity index (χ1v) is 12.2. The van der Waals surface area contributed by atoms with Gasteiger partial charge in [0.25, 0.3) is 0 Å². The normalized spacial score (nSPS) is 12.1. The highest BCUT2D eigenvalue weighted by Gasteiger charge is 2.22. The van der Waals surface area contributed by atoms with Crippen molar-refractivity contribution in [1.82, 2.24) is 25.5 Å². The number of rotatable bonds is 8. The summed E-state index contributed by atoms with van der Waals surface area (Å²) in [5, 5.41) is 11.4. The number of aromatic amines is 2. The summed E-state index contributed by atoms with van der Waals surface area (Å²) >= 11 is 6.59. The molecule has 7 nitrogen and oxygen atoms in total. The third-order valence-electron chi connectivity index (χ3n) is 6.21. The van der Waals surface area contributed by atoms with Gasteiger partial charge in [-0.3, -0.25) is 9.89 Å². The van der Waals surface area contributed by atoms with Gasteiger partial charge in [0.15, 0.2) is 5.82 Å². The van der Waals surface area contributed by atoms with Gasteiger partial charge in [-0.05, 0) is 43.0 Å². The number of halogens is 1. The molecular formula is C28H27ClN6O. The monoisotopic (exact) mass is 498 g/mol. The number of nitrogens with one attached hydrogen (secondary N) is 3. The van der Waals surface area contributed by atoms with Gasteiger partial charge in [-0.1, -0.05) is 77.8 Å². The van der Waals surface area contributed by atoms with Crippen LogP contribution in [0.5, 0.6) is 0 Å². The zero-order chi connectivity index (χ0) is 25.1. The van der Waals surface area contributed by atoms with Crippen LogP contribution < -0.4 is 11.1 Å². The fourth-order valence-electron chi connectivity index (χ4n) is 4.37. The molecule has 0 spiro atoms. The van der Waals surface area contributed by atoms with Gasteiger partial charge < -0.3 is 16.0 Å². The number of anilines is 1. The summed E-state index contributed by atoms with van der Waals surface area (Å²) in [5.74, 6) is 1.01. The van der Waals surface area contributed by atoms with E-state index in [0.29, 0.717) is 41.8 Å². The molecule has 8 heteroatoms. The molecule has 5 N–H and O–H groups in total. The lowest BCUT2D eigenvalue weighted by Gasteiger charge is -2.17. The van der Waals surface area contributed by atoms with Gasteiger partial charge in [-0.15, -0.1) is 0 Å². The SMILES string of the molecule is Cc1cccc(CCC(=O)N[C@@H](Cc2ccccc2)c2nc(-c3ccc4c(N)n[nH]c4c3)c(Cl)[nH]2)c1. The quantitative estimate of drug-likeness (QED) is 0.225. The molecule has 0 fully saturated rings. The van der Waals surface area contributed by atoms with E-state index in [9.17, 15) is 4.79 Å². The predicted octanol–water partition coefficient (Wildman–Crippen LogP) is 5.53. The average Bonchev–Trinajstić information content (AvgIpc) is 3.45. The zero-order valence-electron chi connectivity index (χ0n) is 19.9. The van der Waals surface area contributed by atoms with Crippen LogP contribution in [0.3, 0.4) is 0 Å². The number of benzene rings is 3. The molecule has 1 atom stereocenters. The topological polar surface area (TPSA) is 112 Å². The Balaban J connectivity index is 1.39. The smallest absolute Gasteiger partial charge is 0.220 e. The van der Waals surface area contributed by atoms with Crippen LogP contribution in [0.1, 0.15) is 35.0 Å². The first-order valence-electron chi connectivity index (χ1n) is 11.8. The van der Waals surface area contributed by atoms with Gasteiger partial charge in [0.1, 0.15) is 16.7 Å². The second-order valence-corrected chi connectivity index (χ2v) is 9.33. The summed E-state index contributed by atoms with van der Waals surface area (Å²) in [5.41, 5.74) is 11.5. The van der Waals surface area contributed by atoms with Gasteiger partial charge in [0, 0.05) is 17.4 Å². The summed E-state index contributed by atoms with van der Waals surface area (Å²) < 4.78 is 0. The second kappa shape index (κ2) is 10.3. The molecule has 0 aliphatic heterocycles. The van der Waals surface area contributed by atoms with Crippen molar-refractivity contribution in [2.45, 2.75) is 32.2 Å². The number of aromatic nitrogens is 4. The number of aryl methyl sites for hydroxylation is 2. The number of nitrogens with zero attached hydrogens (tertiary/aromatic N) is 2. The summed E-state index contributed by atoms with van der Waals surface area (Å²) in [6, 6.07) is 23.6. The van der Waals surface area contributed by atoms with E-state index < -0.39 is 0 Å². The molecule has 36 heavy (non-hydrogen) atoms. The maximum Gasteiger partial charge on any atom is 0.220 e. The van der Waals surface area contributed by atoms with Crippen LogP contribution in [-0.2, 0) is 17.6 Å². The van der Waals surface area contributed by atoms with Crippen molar-refractivity contribution in [3.8, 4) is 11.3 Å². The Labute approximate surface area is 214 Å². The van der Waals surface area contributed by atoms with E-state index in [4.69, 9.17) is 22.3 Å². The minimum atomic E-state index is -0.366. The summed E-state index contributed by atoms with van der Waals surface area (Å²) in [7, 11) is 0. The second-order valence-electron chi connectivity index (χ2n) is 8.95. The number of nitrogens with two attached hydrogens (primary N) is 1. The molecule has 5 aromatic rings. The van der Waals surface area contributed by atoms with Crippen molar-refractivity contribution in [3.63, 3.8) is 0 Å². The molecule has 5 rings (SSSR count). The Morgan fingerprint density at radius 3 is 2.67 bits per heavy atom.